The number of anilines is 8. The fourth-order valence-electron chi connectivity index (χ4n) is 4.62. The summed E-state index contributed by atoms with van der Waals surface area (Å²) in [6.07, 6.45) is 2.86. The zero-order valence-electron chi connectivity index (χ0n) is 32.8. The molecule has 0 aliphatic heterocycles. The Labute approximate surface area is 392 Å². The average molecular weight is 1060 g/mol. The van der Waals surface area contributed by atoms with Crippen LogP contribution in [0.2, 0.25) is 0 Å². The minimum Gasteiger partial charge on any atom is -0.709 e. The predicted octanol–water partition coefficient (Wildman–Crippen LogP) is -3.49. The van der Waals surface area contributed by atoms with E-state index >= 15 is 0 Å². The van der Waals surface area contributed by atoms with Gasteiger partial charge in [-0.15, -0.1) is 4.33 Å². The van der Waals surface area contributed by atoms with E-state index in [9.17, 15) is 31.9 Å². The second-order valence-electron chi connectivity index (χ2n) is 12.0. The van der Waals surface area contributed by atoms with Gasteiger partial charge in [-0.3, -0.25) is 26.8 Å². The Balaban J connectivity index is 1.61. The van der Waals surface area contributed by atoms with Gasteiger partial charge in [0, 0.05) is 64.0 Å². The first-order valence-corrected chi connectivity index (χ1v) is 26.8. The van der Waals surface area contributed by atoms with Crippen LogP contribution in [-0.2, 0) is 68.1 Å². The molecule has 0 bridgehead atoms. The lowest BCUT2D eigenvalue weighted by Crippen LogP contribution is -2.43. The molecule has 0 amide bonds. The second kappa shape index (κ2) is 25.3. The summed E-state index contributed by atoms with van der Waals surface area (Å²) in [5.74, 6) is -0.162. The lowest BCUT2D eigenvalue weighted by molar-refractivity contribution is -0.633. The highest BCUT2D eigenvalue weighted by atomic mass is 32.8. The van der Waals surface area contributed by atoms with E-state index in [0.29, 0.717) is 40.5 Å². The van der Waals surface area contributed by atoms with E-state index in [1.807, 2.05) is 0 Å². The monoisotopic (exact) mass is 1060 g/mol. The molecule has 2 unspecified atom stereocenters. The minimum absolute atomic E-state index is 0.000879. The largest absolute Gasteiger partial charge is 0.709 e. The Morgan fingerprint density at radius 3 is 1.66 bits per heavy atom. The number of benzene rings is 2. The summed E-state index contributed by atoms with van der Waals surface area (Å²) in [5, 5.41) is 62.5. The number of hydrogen-bond donors (Lipinski definition) is 12. The van der Waals surface area contributed by atoms with Gasteiger partial charge in [0.15, 0.2) is 0 Å². The van der Waals surface area contributed by atoms with Crippen molar-refractivity contribution >= 4 is 155 Å². The number of rotatable bonds is 27. The van der Waals surface area contributed by atoms with Crippen LogP contribution in [0.5, 0.6) is 0 Å². The van der Waals surface area contributed by atoms with Crippen LogP contribution in [-0.4, -0.2) is 110 Å². The summed E-state index contributed by atoms with van der Waals surface area (Å²) < 4.78 is 71.2. The summed E-state index contributed by atoms with van der Waals surface area (Å²) in [6.45, 7) is 0.111. The fourth-order valence-corrected chi connectivity index (χ4v) is 7.99. The summed E-state index contributed by atoms with van der Waals surface area (Å²) >= 11 is 12.0. The van der Waals surface area contributed by atoms with E-state index in [0.717, 1.165) is 17.8 Å². The number of nitrogens with one attached hydrogen (secondary N) is 6. The van der Waals surface area contributed by atoms with Crippen LogP contribution in [0.15, 0.2) is 46.2 Å². The molecule has 0 saturated carbocycles. The van der Waals surface area contributed by atoms with E-state index in [2.05, 4.69) is 97.9 Å². The highest BCUT2D eigenvalue weighted by Crippen LogP contribution is 2.31. The van der Waals surface area contributed by atoms with Crippen LogP contribution in [0.25, 0.3) is 12.2 Å². The van der Waals surface area contributed by atoms with Gasteiger partial charge in [-0.1, -0.05) is 29.3 Å². The molecule has 28 nitrogen and oxygen atoms in total. The maximum atomic E-state index is 12.7. The van der Waals surface area contributed by atoms with Gasteiger partial charge < -0.3 is 51.1 Å². The maximum absolute atomic E-state index is 12.7. The molecule has 65 heavy (non-hydrogen) atoms. The third-order valence-corrected chi connectivity index (χ3v) is 13.4. The van der Waals surface area contributed by atoms with Crippen molar-refractivity contribution in [3.05, 3.63) is 47.5 Å². The molecule has 4 aromatic rings. The molecule has 0 spiro atoms. The van der Waals surface area contributed by atoms with E-state index in [1.165, 1.54) is 42.1 Å². The van der Waals surface area contributed by atoms with Crippen molar-refractivity contribution < 1.29 is 66.0 Å². The van der Waals surface area contributed by atoms with Crippen LogP contribution in [0.1, 0.15) is 11.1 Å². The number of thioether (sulfide) groups is 2. The molecule has 354 valence electrons. The van der Waals surface area contributed by atoms with Crippen molar-refractivity contribution in [3.8, 4) is 0 Å². The number of amidine groups is 2. The van der Waals surface area contributed by atoms with Gasteiger partial charge in [0.1, 0.15) is 22.4 Å². The SMILES string of the molecule is NC(=[NH2+])SCCNc1nc(NCCS(=O)(=S)O[O-])nc(Nc2ccc(/C=C/c3ccc(Nc4nc(NCCS(=O)(=S)O[O-])nc(NCSC(N)=[NH2+])n4)cc3S(=O)(=O)O)c(SOOO)c2)n1. The molecule has 0 aliphatic carbocycles. The molecule has 2 heterocycles. The summed E-state index contributed by atoms with van der Waals surface area (Å²) in [7, 11) is -11.9. The van der Waals surface area contributed by atoms with Crippen LogP contribution in [0.4, 0.5) is 47.1 Å². The topological polar surface area (TPSA) is 445 Å². The average Bonchev–Trinajstić information content (AvgIpc) is 3.23. The number of nitrogens with two attached hydrogens (primary N) is 4. The summed E-state index contributed by atoms with van der Waals surface area (Å²) in [6, 6.07) is 8.65. The third-order valence-electron chi connectivity index (χ3n) is 7.29. The van der Waals surface area contributed by atoms with Crippen LogP contribution in [0, 0.1) is 0 Å². The Morgan fingerprint density at radius 2 is 1.17 bits per heavy atom. The Bertz CT molecular complexity index is 2670. The Morgan fingerprint density at radius 1 is 0.708 bits per heavy atom. The van der Waals surface area contributed by atoms with Crippen molar-refractivity contribution in [1.29, 1.82) is 0 Å². The van der Waals surface area contributed by atoms with Gasteiger partial charge in [0.2, 0.25) is 35.7 Å². The van der Waals surface area contributed by atoms with E-state index in [-0.39, 0.29) is 87.7 Å². The molecule has 0 radical (unpaired) electrons. The first-order valence-electron chi connectivity index (χ1n) is 17.5. The molecule has 0 fully saturated rings. The van der Waals surface area contributed by atoms with Gasteiger partial charge in [-0.2, -0.15) is 38.3 Å². The fraction of sp³-hybridized carbons (Fsp3) is 0.241. The minimum atomic E-state index is -4.86. The van der Waals surface area contributed by atoms with Crippen LogP contribution < -0.4 is 64.7 Å². The van der Waals surface area contributed by atoms with Crippen molar-refractivity contribution in [2.45, 2.75) is 9.79 Å². The molecular formula is C29H38N16O12S8. The van der Waals surface area contributed by atoms with E-state index in [1.54, 1.807) is 12.1 Å². The van der Waals surface area contributed by atoms with E-state index in [4.69, 9.17) is 31.9 Å². The Hall–Kier alpha value is -4.64. The summed E-state index contributed by atoms with van der Waals surface area (Å²) in [5.41, 5.74) is 11.9. The second-order valence-corrected chi connectivity index (χ2v) is 22.7. The quantitative estimate of drug-likeness (QED) is 0.00317. The molecule has 2 aromatic heterocycles. The molecule has 0 saturated heterocycles. The standard InChI is InChI=1S/C29H38N16O12S8/c30-22(31)60-10-7-34-24-40-25(35-8-11-63(49,58)55-47)43-28(42-24)38-18-5-3-16(20(13-18)62-57-54-46)1-2-17-4-6-19(14-21(17)65(51,52)53)39-29-44-26(36-9-12-64(50,59)56-48)41-27(45-29)37-15-61-23(32)33/h1-6,13-14,46-48H,7-12,15H2,(H3,30,31)(H3,32,33)(H,51,52,53)(H3,34,35,38,40,42,43)(H3,36,37,39,41,44,45)/b2-1+. The first kappa shape index (κ1) is 53.0. The third kappa shape index (κ3) is 19.0. The molecule has 4 rings (SSSR count). The molecule has 36 heteroatoms. The summed E-state index contributed by atoms with van der Waals surface area (Å²) in [4.78, 5) is 25.3. The van der Waals surface area contributed by atoms with Crippen molar-refractivity contribution in [2.24, 2.45) is 11.5 Å². The molecular weight excluding hydrogens is 1020 g/mol. The highest BCUT2D eigenvalue weighted by molar-refractivity contribution is 8.30. The van der Waals surface area contributed by atoms with Gasteiger partial charge in [0.25, 0.3) is 15.3 Å². The van der Waals surface area contributed by atoms with Crippen molar-refractivity contribution in [1.82, 2.24) is 29.9 Å². The van der Waals surface area contributed by atoms with Gasteiger partial charge in [-0.25, -0.2) is 13.7 Å². The predicted molar refractivity (Wildman–Crippen MR) is 248 cm³/mol. The zero-order chi connectivity index (χ0) is 47.6. The first-order chi connectivity index (χ1) is 30.8. The molecule has 0 aliphatic rings. The highest BCUT2D eigenvalue weighted by Gasteiger charge is 2.18. The maximum Gasteiger partial charge on any atom is 0.301 e. The normalized spacial score (nSPS) is 13.4. The number of aromatic nitrogens is 6. The lowest BCUT2D eigenvalue weighted by Gasteiger charge is -2.14. The van der Waals surface area contributed by atoms with E-state index < -0.39 is 32.6 Å². The molecule has 16 N–H and O–H groups in total. The van der Waals surface area contributed by atoms with Crippen molar-refractivity contribution in [3.63, 3.8) is 0 Å². The van der Waals surface area contributed by atoms with Gasteiger partial charge in [-0.05, 0) is 58.9 Å². The van der Waals surface area contributed by atoms with Gasteiger partial charge >= 0.3 is 5.17 Å². The number of hydrogen-bond acceptors (Lipinski definition) is 28. The van der Waals surface area contributed by atoms with Crippen molar-refractivity contribution in [2.75, 3.05) is 74.7 Å². The zero-order valence-corrected chi connectivity index (χ0v) is 39.3. The Kier molecular flexibility index (Phi) is 20.6. The lowest BCUT2D eigenvalue weighted by atomic mass is 10.1. The van der Waals surface area contributed by atoms with Crippen LogP contribution >= 0.6 is 35.6 Å². The van der Waals surface area contributed by atoms with Crippen LogP contribution in [0.3, 0.4) is 0 Å². The number of nitrogens with zero attached hydrogens (tertiary/aromatic N) is 6. The molecule has 2 atom stereocenters. The smallest absolute Gasteiger partial charge is 0.301 e. The molecule has 2 aromatic carbocycles. The van der Waals surface area contributed by atoms with Gasteiger partial charge in [0.05, 0.1) is 29.4 Å².